The van der Waals surface area contributed by atoms with E-state index in [0.29, 0.717) is 5.82 Å². The molecule has 0 bridgehead atoms. The van der Waals surface area contributed by atoms with Crippen molar-refractivity contribution in [1.82, 2.24) is 14.9 Å². The van der Waals surface area contributed by atoms with E-state index in [9.17, 15) is 5.26 Å². The van der Waals surface area contributed by atoms with Gasteiger partial charge in [-0.3, -0.25) is 5.32 Å². The van der Waals surface area contributed by atoms with E-state index >= 15 is 0 Å². The van der Waals surface area contributed by atoms with Crippen LogP contribution in [0.15, 0.2) is 12.4 Å². The first kappa shape index (κ1) is 15.2. The molecular weight excluding hydrogens is 238 g/mol. The summed E-state index contributed by atoms with van der Waals surface area (Å²) in [5, 5.41) is 21.3. The topological polar surface area (TPSA) is 77.4 Å². The van der Waals surface area contributed by atoms with Gasteiger partial charge in [0, 0.05) is 18.9 Å². The van der Waals surface area contributed by atoms with E-state index in [1.807, 2.05) is 17.7 Å². The minimum absolute atomic E-state index is 0.441. The van der Waals surface area contributed by atoms with Crippen molar-refractivity contribution < 1.29 is 0 Å². The highest BCUT2D eigenvalue weighted by molar-refractivity contribution is 5.11. The first-order chi connectivity index (χ1) is 9.15. The summed E-state index contributed by atoms with van der Waals surface area (Å²) >= 11 is 0. The molecule has 1 N–H and O–H groups in total. The van der Waals surface area contributed by atoms with Gasteiger partial charge in [0.2, 0.25) is 5.82 Å². The van der Waals surface area contributed by atoms with Crippen molar-refractivity contribution in [3.8, 4) is 12.1 Å². The second-order valence-electron chi connectivity index (χ2n) is 4.88. The zero-order chi connectivity index (χ0) is 14.1. The van der Waals surface area contributed by atoms with Gasteiger partial charge < -0.3 is 4.57 Å². The van der Waals surface area contributed by atoms with Crippen LogP contribution in [0.1, 0.15) is 45.4 Å². The molecule has 0 aliphatic rings. The molecular formula is C14H21N5. The average molecular weight is 259 g/mol. The molecule has 1 atom stereocenters. The van der Waals surface area contributed by atoms with Crippen LogP contribution in [0.5, 0.6) is 0 Å². The molecule has 1 aromatic heterocycles. The minimum Gasteiger partial charge on any atom is -0.323 e. The van der Waals surface area contributed by atoms with E-state index in [1.165, 1.54) is 0 Å². The Morgan fingerprint density at radius 2 is 2.21 bits per heavy atom. The molecule has 102 valence electrons. The molecule has 1 rings (SSSR count). The molecule has 1 aromatic rings. The third kappa shape index (κ3) is 4.73. The minimum atomic E-state index is -0.441. The molecule has 0 spiro atoms. The zero-order valence-corrected chi connectivity index (χ0v) is 11.7. The first-order valence-corrected chi connectivity index (χ1v) is 6.72. The molecule has 1 heterocycles. The molecule has 0 saturated carbocycles. The summed E-state index contributed by atoms with van der Waals surface area (Å²) in [7, 11) is 0. The van der Waals surface area contributed by atoms with E-state index < -0.39 is 5.54 Å². The van der Waals surface area contributed by atoms with Gasteiger partial charge in [-0.25, -0.2) is 4.98 Å². The van der Waals surface area contributed by atoms with Gasteiger partial charge in [-0.2, -0.15) is 10.5 Å². The number of hydrogen-bond acceptors (Lipinski definition) is 4. The van der Waals surface area contributed by atoms with E-state index in [2.05, 4.69) is 29.4 Å². The molecule has 5 nitrogen and oxygen atoms in total. The predicted octanol–water partition coefficient (Wildman–Crippen LogP) is 2.21. The van der Waals surface area contributed by atoms with Gasteiger partial charge in [0.25, 0.3) is 0 Å². The standard InChI is InChI=1S/C14H21N5/c1-3-7-18-14(2,12-16)6-4-5-9-19-10-8-17-13(19)11-15/h8,10,18H,3-7,9H2,1-2H3. The van der Waals surface area contributed by atoms with Crippen molar-refractivity contribution in [3.63, 3.8) is 0 Å². The number of aryl methyl sites for hydroxylation is 1. The van der Waals surface area contributed by atoms with Gasteiger partial charge in [0.05, 0.1) is 6.07 Å². The number of imidazole rings is 1. The van der Waals surface area contributed by atoms with Crippen LogP contribution < -0.4 is 5.32 Å². The van der Waals surface area contributed by atoms with Crippen LogP contribution in [0.25, 0.3) is 0 Å². The number of aromatic nitrogens is 2. The Hall–Kier alpha value is -1.85. The Morgan fingerprint density at radius 1 is 1.42 bits per heavy atom. The van der Waals surface area contributed by atoms with Gasteiger partial charge >= 0.3 is 0 Å². The molecule has 0 aliphatic heterocycles. The quantitative estimate of drug-likeness (QED) is 0.726. The predicted molar refractivity (Wildman–Crippen MR) is 73.1 cm³/mol. The first-order valence-electron chi connectivity index (χ1n) is 6.72. The normalized spacial score (nSPS) is 13.5. The van der Waals surface area contributed by atoms with Crippen molar-refractivity contribution in [2.24, 2.45) is 0 Å². The fraction of sp³-hybridized carbons (Fsp3) is 0.643. The SMILES string of the molecule is CCCNC(C)(C#N)CCCCn1ccnc1C#N. The summed E-state index contributed by atoms with van der Waals surface area (Å²) in [5.74, 6) is 0.451. The number of nitriles is 2. The highest BCUT2D eigenvalue weighted by Gasteiger charge is 2.21. The number of hydrogen-bond donors (Lipinski definition) is 1. The molecule has 0 amide bonds. The number of nitrogens with zero attached hydrogens (tertiary/aromatic N) is 4. The Morgan fingerprint density at radius 3 is 2.84 bits per heavy atom. The molecule has 5 heteroatoms. The largest absolute Gasteiger partial charge is 0.323 e. The fourth-order valence-corrected chi connectivity index (χ4v) is 1.95. The van der Waals surface area contributed by atoms with Crippen LogP contribution >= 0.6 is 0 Å². The number of rotatable bonds is 8. The van der Waals surface area contributed by atoms with Crippen molar-refractivity contribution in [2.45, 2.75) is 51.6 Å². The Balaban J connectivity index is 2.34. The summed E-state index contributed by atoms with van der Waals surface area (Å²) in [6.45, 7) is 5.68. The Labute approximate surface area is 114 Å². The van der Waals surface area contributed by atoms with Crippen LogP contribution in [0.4, 0.5) is 0 Å². The van der Waals surface area contributed by atoms with Gasteiger partial charge in [0.1, 0.15) is 11.6 Å². The van der Waals surface area contributed by atoms with Crippen molar-refractivity contribution in [3.05, 3.63) is 18.2 Å². The van der Waals surface area contributed by atoms with E-state index in [4.69, 9.17) is 5.26 Å². The van der Waals surface area contributed by atoms with Crippen LogP contribution in [0.3, 0.4) is 0 Å². The van der Waals surface area contributed by atoms with Crippen molar-refractivity contribution >= 4 is 0 Å². The average Bonchev–Trinajstić information content (AvgIpc) is 2.89. The number of unbranched alkanes of at least 4 members (excludes halogenated alkanes) is 1. The molecule has 0 saturated heterocycles. The molecule has 0 aromatic carbocycles. The smallest absolute Gasteiger partial charge is 0.212 e. The second kappa shape index (κ2) is 7.56. The molecule has 0 radical (unpaired) electrons. The van der Waals surface area contributed by atoms with Crippen molar-refractivity contribution in [1.29, 1.82) is 10.5 Å². The van der Waals surface area contributed by atoms with Gasteiger partial charge in [-0.1, -0.05) is 6.92 Å². The third-order valence-corrected chi connectivity index (χ3v) is 3.15. The van der Waals surface area contributed by atoms with Gasteiger partial charge in [-0.05, 0) is 39.2 Å². The number of nitrogens with one attached hydrogen (secondary N) is 1. The maximum absolute atomic E-state index is 9.21. The lowest BCUT2D eigenvalue weighted by atomic mass is 9.96. The summed E-state index contributed by atoms with van der Waals surface area (Å²) in [4.78, 5) is 3.96. The highest BCUT2D eigenvalue weighted by atomic mass is 15.1. The zero-order valence-electron chi connectivity index (χ0n) is 11.7. The summed E-state index contributed by atoms with van der Waals surface area (Å²) in [6, 6.07) is 4.41. The summed E-state index contributed by atoms with van der Waals surface area (Å²) in [5.41, 5.74) is -0.441. The Bertz CT molecular complexity index is 465. The van der Waals surface area contributed by atoms with Crippen LogP contribution in [0, 0.1) is 22.7 Å². The van der Waals surface area contributed by atoms with E-state index in [-0.39, 0.29) is 0 Å². The van der Waals surface area contributed by atoms with Crippen LogP contribution in [0.2, 0.25) is 0 Å². The highest BCUT2D eigenvalue weighted by Crippen LogP contribution is 2.13. The lowest BCUT2D eigenvalue weighted by Crippen LogP contribution is -2.41. The molecule has 1 unspecified atom stereocenters. The lowest BCUT2D eigenvalue weighted by molar-refractivity contribution is 0.396. The monoisotopic (exact) mass is 259 g/mol. The van der Waals surface area contributed by atoms with Crippen molar-refractivity contribution in [2.75, 3.05) is 6.54 Å². The molecule has 0 fully saturated rings. The summed E-state index contributed by atoms with van der Waals surface area (Å²) in [6.07, 6.45) is 7.19. The Kier molecular flexibility index (Phi) is 6.05. The molecule has 0 aliphatic carbocycles. The summed E-state index contributed by atoms with van der Waals surface area (Å²) < 4.78 is 1.85. The second-order valence-corrected chi connectivity index (χ2v) is 4.88. The third-order valence-electron chi connectivity index (χ3n) is 3.15. The van der Waals surface area contributed by atoms with E-state index in [1.54, 1.807) is 6.20 Å². The lowest BCUT2D eigenvalue weighted by Gasteiger charge is -2.23. The van der Waals surface area contributed by atoms with Gasteiger partial charge in [-0.15, -0.1) is 0 Å². The maximum atomic E-state index is 9.21. The fourth-order valence-electron chi connectivity index (χ4n) is 1.95. The van der Waals surface area contributed by atoms with Crippen LogP contribution in [-0.4, -0.2) is 21.6 Å². The van der Waals surface area contributed by atoms with E-state index in [0.717, 1.165) is 38.8 Å². The maximum Gasteiger partial charge on any atom is 0.212 e. The molecule has 19 heavy (non-hydrogen) atoms. The van der Waals surface area contributed by atoms with Crippen LogP contribution in [-0.2, 0) is 6.54 Å². The van der Waals surface area contributed by atoms with Gasteiger partial charge in [0.15, 0.2) is 0 Å².